The summed E-state index contributed by atoms with van der Waals surface area (Å²) in [5.41, 5.74) is 1.51. The van der Waals surface area contributed by atoms with E-state index in [0.29, 0.717) is 0 Å². The number of rotatable bonds is 1. The topological polar surface area (TPSA) is 0 Å². The number of fused-ring (bicyclic) bond motifs is 2. The van der Waals surface area contributed by atoms with Crippen molar-refractivity contribution in [3.05, 3.63) is 48.0 Å². The highest BCUT2D eigenvalue weighted by Gasteiger charge is 2.32. The number of hydrogen-bond donors (Lipinski definition) is 0. The molecule has 1 heteroatoms. The molecule has 0 aromatic heterocycles. The van der Waals surface area contributed by atoms with Gasteiger partial charge >= 0.3 is 0 Å². The zero-order valence-electron chi connectivity index (χ0n) is 8.10. The fraction of sp³-hybridized carbons (Fsp3) is 0.385. The predicted octanol–water partition coefficient (Wildman–Crippen LogP) is 3.81. The van der Waals surface area contributed by atoms with E-state index in [2.05, 4.69) is 54.2 Å². The van der Waals surface area contributed by atoms with Crippen molar-refractivity contribution in [1.82, 2.24) is 0 Å². The van der Waals surface area contributed by atoms with E-state index in [1.165, 1.54) is 18.4 Å². The van der Waals surface area contributed by atoms with Crippen molar-refractivity contribution in [2.75, 3.05) is 0 Å². The van der Waals surface area contributed by atoms with Gasteiger partial charge in [-0.15, -0.1) is 11.8 Å². The standard InChI is InChI=1S/C13H14S/c1-2-4-10(5-3-1)13-11-6-8-12(14-13)9-7-11/h1-6,8,11-13H,7,9H2/t11-,12+,13-/m1/s1. The summed E-state index contributed by atoms with van der Waals surface area (Å²) in [5, 5.41) is 1.50. The molecule has 0 nitrogen and oxygen atoms in total. The van der Waals surface area contributed by atoms with Crippen LogP contribution in [0.1, 0.15) is 23.7 Å². The summed E-state index contributed by atoms with van der Waals surface area (Å²) in [7, 11) is 0. The molecule has 0 unspecified atom stereocenters. The second kappa shape index (κ2) is 3.47. The van der Waals surface area contributed by atoms with Gasteiger partial charge in [-0.2, -0.15) is 0 Å². The van der Waals surface area contributed by atoms with Crippen LogP contribution < -0.4 is 0 Å². The van der Waals surface area contributed by atoms with Crippen LogP contribution in [0.3, 0.4) is 0 Å². The van der Waals surface area contributed by atoms with Crippen molar-refractivity contribution in [2.24, 2.45) is 5.92 Å². The lowest BCUT2D eigenvalue weighted by atomic mass is 9.88. The Morgan fingerprint density at radius 3 is 2.43 bits per heavy atom. The smallest absolute Gasteiger partial charge is 0.0365 e. The molecule has 0 amide bonds. The van der Waals surface area contributed by atoms with Crippen LogP contribution in [0.25, 0.3) is 0 Å². The van der Waals surface area contributed by atoms with Gasteiger partial charge in [-0.25, -0.2) is 0 Å². The van der Waals surface area contributed by atoms with Crippen molar-refractivity contribution < 1.29 is 0 Å². The van der Waals surface area contributed by atoms with E-state index >= 15 is 0 Å². The van der Waals surface area contributed by atoms with Crippen molar-refractivity contribution >= 4 is 11.8 Å². The van der Waals surface area contributed by atoms with Gasteiger partial charge in [-0.3, -0.25) is 0 Å². The Balaban J connectivity index is 1.91. The maximum absolute atomic E-state index is 2.43. The van der Waals surface area contributed by atoms with Crippen LogP contribution in [-0.2, 0) is 0 Å². The first kappa shape index (κ1) is 8.60. The zero-order chi connectivity index (χ0) is 9.38. The molecule has 2 bridgehead atoms. The summed E-state index contributed by atoms with van der Waals surface area (Å²) in [4.78, 5) is 0. The first-order valence-corrected chi connectivity index (χ1v) is 6.26. The number of thioether (sulfide) groups is 1. The van der Waals surface area contributed by atoms with Gasteiger partial charge in [0.15, 0.2) is 0 Å². The average molecular weight is 202 g/mol. The highest BCUT2D eigenvalue weighted by Crippen LogP contribution is 2.50. The lowest BCUT2D eigenvalue weighted by Crippen LogP contribution is -2.23. The monoisotopic (exact) mass is 202 g/mol. The molecule has 1 fully saturated rings. The number of benzene rings is 1. The van der Waals surface area contributed by atoms with Crippen molar-refractivity contribution in [3.8, 4) is 0 Å². The van der Waals surface area contributed by atoms with Crippen LogP contribution in [0.2, 0.25) is 0 Å². The van der Waals surface area contributed by atoms with Crippen LogP contribution in [0, 0.1) is 5.92 Å². The van der Waals surface area contributed by atoms with Crippen LogP contribution >= 0.6 is 11.8 Å². The van der Waals surface area contributed by atoms with Gasteiger partial charge in [0.05, 0.1) is 0 Å². The van der Waals surface area contributed by atoms with Gasteiger partial charge in [0.25, 0.3) is 0 Å². The molecule has 2 aliphatic heterocycles. The van der Waals surface area contributed by atoms with Crippen LogP contribution in [0.15, 0.2) is 42.5 Å². The molecular formula is C13H14S. The van der Waals surface area contributed by atoms with Crippen LogP contribution in [-0.4, -0.2) is 5.25 Å². The maximum atomic E-state index is 2.43. The lowest BCUT2D eigenvalue weighted by Gasteiger charge is -2.37. The Morgan fingerprint density at radius 2 is 1.86 bits per heavy atom. The molecule has 0 radical (unpaired) electrons. The average Bonchev–Trinajstić information content (AvgIpc) is 2.32. The minimum Gasteiger partial charge on any atom is -0.146 e. The van der Waals surface area contributed by atoms with E-state index in [0.717, 1.165) is 16.4 Å². The highest BCUT2D eigenvalue weighted by molar-refractivity contribution is 8.00. The fourth-order valence-electron chi connectivity index (χ4n) is 2.44. The van der Waals surface area contributed by atoms with Crippen LogP contribution in [0.4, 0.5) is 0 Å². The number of hydrogen-bond acceptors (Lipinski definition) is 1. The Hall–Kier alpha value is -0.690. The van der Waals surface area contributed by atoms with Gasteiger partial charge in [0.1, 0.15) is 0 Å². The molecule has 1 aromatic carbocycles. The molecule has 2 heterocycles. The summed E-state index contributed by atoms with van der Waals surface area (Å²) in [5.74, 6) is 0.785. The molecule has 3 aliphatic rings. The second-order valence-corrected chi connectivity index (χ2v) is 5.52. The molecule has 1 aliphatic carbocycles. The third-order valence-electron chi connectivity index (χ3n) is 3.20. The Labute approximate surface area is 89.4 Å². The Bertz CT molecular complexity index is 342. The first-order valence-electron chi connectivity index (χ1n) is 5.32. The van der Waals surface area contributed by atoms with Gasteiger partial charge < -0.3 is 0 Å². The van der Waals surface area contributed by atoms with E-state index in [-0.39, 0.29) is 0 Å². The van der Waals surface area contributed by atoms with E-state index in [1.807, 2.05) is 0 Å². The highest BCUT2D eigenvalue weighted by atomic mass is 32.2. The van der Waals surface area contributed by atoms with Crippen molar-refractivity contribution in [1.29, 1.82) is 0 Å². The lowest BCUT2D eigenvalue weighted by molar-refractivity contribution is 0.509. The summed E-state index contributed by atoms with van der Waals surface area (Å²) < 4.78 is 0. The minimum absolute atomic E-state index is 0.722. The molecule has 3 atom stereocenters. The molecule has 72 valence electrons. The van der Waals surface area contributed by atoms with E-state index in [9.17, 15) is 0 Å². The third kappa shape index (κ3) is 1.40. The van der Waals surface area contributed by atoms with Crippen molar-refractivity contribution in [3.63, 3.8) is 0 Å². The van der Waals surface area contributed by atoms with Crippen molar-refractivity contribution in [2.45, 2.75) is 23.3 Å². The summed E-state index contributed by atoms with van der Waals surface area (Å²) in [6, 6.07) is 11.0. The summed E-state index contributed by atoms with van der Waals surface area (Å²) in [6.45, 7) is 0. The Morgan fingerprint density at radius 1 is 1.00 bits per heavy atom. The normalized spacial score (nSPS) is 34.7. The van der Waals surface area contributed by atoms with Gasteiger partial charge in [-0.05, 0) is 24.3 Å². The van der Waals surface area contributed by atoms with Gasteiger partial charge in [0.2, 0.25) is 0 Å². The molecule has 1 aromatic rings. The zero-order valence-corrected chi connectivity index (χ0v) is 8.91. The summed E-state index contributed by atoms with van der Waals surface area (Å²) >= 11 is 2.15. The first-order chi connectivity index (χ1) is 6.93. The van der Waals surface area contributed by atoms with E-state index in [4.69, 9.17) is 0 Å². The minimum atomic E-state index is 0.722. The van der Waals surface area contributed by atoms with E-state index in [1.54, 1.807) is 0 Å². The quantitative estimate of drug-likeness (QED) is 0.624. The fourth-order valence-corrected chi connectivity index (χ4v) is 4.01. The molecule has 0 spiro atoms. The largest absolute Gasteiger partial charge is 0.146 e. The van der Waals surface area contributed by atoms with Crippen LogP contribution in [0.5, 0.6) is 0 Å². The number of allylic oxidation sites excluding steroid dienone is 1. The predicted molar refractivity (Wildman–Crippen MR) is 62.4 cm³/mol. The molecule has 0 N–H and O–H groups in total. The molecule has 1 saturated heterocycles. The molecular weight excluding hydrogens is 188 g/mol. The molecule has 14 heavy (non-hydrogen) atoms. The molecule has 0 saturated carbocycles. The van der Waals surface area contributed by atoms with Gasteiger partial charge in [-0.1, -0.05) is 42.5 Å². The van der Waals surface area contributed by atoms with Gasteiger partial charge in [0, 0.05) is 10.5 Å². The maximum Gasteiger partial charge on any atom is 0.0365 e. The molecule has 4 rings (SSSR count). The summed E-state index contributed by atoms with van der Waals surface area (Å²) in [6.07, 6.45) is 7.60. The third-order valence-corrected chi connectivity index (χ3v) is 4.85. The SMILES string of the molecule is C1=C[C@H]2CC[C@@H]1[C@@H](c1ccccc1)S2. The van der Waals surface area contributed by atoms with E-state index < -0.39 is 0 Å². The Kier molecular flexibility index (Phi) is 2.13. The second-order valence-electron chi connectivity index (χ2n) is 4.13.